The molecule has 0 heterocycles. The van der Waals surface area contributed by atoms with E-state index in [1.807, 2.05) is 0 Å². The molecule has 0 radical (unpaired) electrons. The van der Waals surface area contributed by atoms with E-state index in [1.54, 1.807) is 0 Å². The van der Waals surface area contributed by atoms with Crippen LogP contribution in [0.5, 0.6) is 5.75 Å². The van der Waals surface area contributed by atoms with Crippen LogP contribution >= 0.6 is 0 Å². The van der Waals surface area contributed by atoms with Crippen molar-refractivity contribution in [3.63, 3.8) is 0 Å². The van der Waals surface area contributed by atoms with Gasteiger partial charge in [0, 0.05) is 5.92 Å². The van der Waals surface area contributed by atoms with Crippen LogP contribution in [-0.4, -0.2) is 20.8 Å². The number of hydrogen-bond acceptors (Lipinski definition) is 3. The van der Waals surface area contributed by atoms with E-state index in [1.165, 1.54) is 6.92 Å². The summed E-state index contributed by atoms with van der Waals surface area (Å²) in [5.74, 6) is -2.47. The number of hydrogen-bond donors (Lipinski definition) is 1. The second-order valence-corrected chi connectivity index (χ2v) is 6.04. The minimum atomic E-state index is -4.82. The van der Waals surface area contributed by atoms with Crippen LogP contribution in [0, 0.1) is 11.7 Å². The van der Waals surface area contributed by atoms with Gasteiger partial charge in [-0.25, -0.2) is 17.9 Å². The van der Waals surface area contributed by atoms with Crippen LogP contribution in [0.3, 0.4) is 0 Å². The van der Waals surface area contributed by atoms with Crippen LogP contribution in [0.15, 0.2) is 18.2 Å². The van der Waals surface area contributed by atoms with Crippen molar-refractivity contribution in [2.75, 3.05) is 12.4 Å². The second kappa shape index (κ2) is 5.96. The number of alkyl halides is 3. The van der Waals surface area contributed by atoms with E-state index in [0.717, 1.165) is 6.07 Å². The van der Waals surface area contributed by atoms with Gasteiger partial charge in [-0.15, -0.1) is 0 Å². The zero-order chi connectivity index (χ0) is 15.6. The Kier molecular flexibility index (Phi) is 4.98. The first-order valence-electron chi connectivity index (χ1n) is 5.49. The average Bonchev–Trinajstić information content (AvgIpc) is 2.24. The summed E-state index contributed by atoms with van der Waals surface area (Å²) >= 11 is 0. The molecule has 1 rings (SSSR count). The van der Waals surface area contributed by atoms with Gasteiger partial charge >= 0.3 is 6.18 Å². The number of benzene rings is 1. The van der Waals surface area contributed by atoms with Gasteiger partial charge in [0.05, 0.1) is 17.9 Å². The summed E-state index contributed by atoms with van der Waals surface area (Å²) in [4.78, 5) is 0. The zero-order valence-corrected chi connectivity index (χ0v) is 11.3. The summed E-state index contributed by atoms with van der Waals surface area (Å²) in [5, 5.41) is 4.82. The first-order chi connectivity index (χ1) is 8.99. The largest absolute Gasteiger partial charge is 0.493 e. The van der Waals surface area contributed by atoms with Crippen LogP contribution < -0.4 is 9.88 Å². The predicted octanol–water partition coefficient (Wildman–Crippen LogP) is 2.15. The Bertz CT molecular complexity index is 572. The Morgan fingerprint density at radius 1 is 1.35 bits per heavy atom. The molecule has 9 heteroatoms. The summed E-state index contributed by atoms with van der Waals surface area (Å²) in [5.41, 5.74) is -1.44. The van der Waals surface area contributed by atoms with E-state index in [4.69, 9.17) is 9.88 Å². The predicted molar refractivity (Wildman–Crippen MR) is 64.0 cm³/mol. The monoisotopic (exact) mass is 315 g/mol. The second-order valence-electron chi connectivity index (χ2n) is 4.39. The lowest BCUT2D eigenvalue weighted by Crippen LogP contribution is -2.25. The van der Waals surface area contributed by atoms with Crippen LogP contribution in [0.4, 0.5) is 17.6 Å². The summed E-state index contributed by atoms with van der Waals surface area (Å²) in [6, 6.07) is 2.20. The summed E-state index contributed by atoms with van der Waals surface area (Å²) in [6.45, 7) is 1.36. The lowest BCUT2D eigenvalue weighted by atomic mass is 10.2. The van der Waals surface area contributed by atoms with Crippen molar-refractivity contribution in [3.8, 4) is 5.75 Å². The molecule has 0 amide bonds. The molecule has 0 aliphatic heterocycles. The fourth-order valence-corrected chi connectivity index (χ4v) is 2.38. The molecular formula is C11H13F4NO3S. The molecule has 2 N–H and O–H groups in total. The highest BCUT2D eigenvalue weighted by molar-refractivity contribution is 7.89. The molecule has 0 fully saturated rings. The third-order valence-corrected chi connectivity index (χ3v) is 3.33. The summed E-state index contributed by atoms with van der Waals surface area (Å²) in [6.07, 6.45) is -4.82. The van der Waals surface area contributed by atoms with Crippen molar-refractivity contribution in [2.45, 2.75) is 13.1 Å². The van der Waals surface area contributed by atoms with Crippen molar-refractivity contribution in [2.24, 2.45) is 11.1 Å². The van der Waals surface area contributed by atoms with Crippen LogP contribution in [0.25, 0.3) is 0 Å². The van der Waals surface area contributed by atoms with Gasteiger partial charge < -0.3 is 4.74 Å². The Labute approximate surface area is 113 Å². The van der Waals surface area contributed by atoms with E-state index in [-0.39, 0.29) is 18.1 Å². The Morgan fingerprint density at radius 2 is 1.95 bits per heavy atom. The average molecular weight is 315 g/mol. The molecule has 1 unspecified atom stereocenters. The van der Waals surface area contributed by atoms with Gasteiger partial charge in [-0.3, -0.25) is 0 Å². The minimum Gasteiger partial charge on any atom is -0.493 e. The maximum atomic E-state index is 13.0. The lowest BCUT2D eigenvalue weighted by Gasteiger charge is -2.14. The number of halogens is 4. The summed E-state index contributed by atoms with van der Waals surface area (Å²) < 4.78 is 77.0. The van der Waals surface area contributed by atoms with Crippen molar-refractivity contribution in [1.29, 1.82) is 0 Å². The van der Waals surface area contributed by atoms with Crippen LogP contribution in [0.2, 0.25) is 0 Å². The van der Waals surface area contributed by atoms with Gasteiger partial charge in [0.25, 0.3) is 0 Å². The molecule has 1 atom stereocenters. The fraction of sp³-hybridized carbons (Fsp3) is 0.455. The highest BCUT2D eigenvalue weighted by Gasteiger charge is 2.34. The smallest absolute Gasteiger partial charge is 0.419 e. The molecule has 0 aliphatic carbocycles. The topological polar surface area (TPSA) is 69.4 Å². The van der Waals surface area contributed by atoms with Crippen molar-refractivity contribution < 1.29 is 30.7 Å². The van der Waals surface area contributed by atoms with Gasteiger partial charge in [-0.2, -0.15) is 13.2 Å². The standard InChI is InChI=1S/C11H13F4NO3S/c1-7(6-20(16,17)18)5-19-8-2-3-10(12)9(4-8)11(13,14)15/h2-4,7H,5-6H2,1H3,(H2,16,17,18). The van der Waals surface area contributed by atoms with Crippen molar-refractivity contribution in [1.82, 2.24) is 0 Å². The third kappa shape index (κ3) is 5.33. The Morgan fingerprint density at radius 3 is 2.45 bits per heavy atom. The highest BCUT2D eigenvalue weighted by Crippen LogP contribution is 2.33. The van der Waals surface area contributed by atoms with Gasteiger partial charge in [-0.05, 0) is 18.2 Å². The van der Waals surface area contributed by atoms with Crippen molar-refractivity contribution in [3.05, 3.63) is 29.6 Å². The minimum absolute atomic E-state index is 0.153. The third-order valence-electron chi connectivity index (χ3n) is 2.29. The molecule has 1 aromatic carbocycles. The maximum absolute atomic E-state index is 13.0. The molecule has 1 aromatic rings. The molecule has 20 heavy (non-hydrogen) atoms. The number of nitrogens with two attached hydrogens (primary N) is 1. The molecule has 0 aliphatic rings. The van der Waals surface area contributed by atoms with E-state index in [0.29, 0.717) is 12.1 Å². The number of primary sulfonamides is 1. The lowest BCUT2D eigenvalue weighted by molar-refractivity contribution is -0.140. The van der Waals surface area contributed by atoms with Crippen LogP contribution in [0.1, 0.15) is 12.5 Å². The molecule has 4 nitrogen and oxygen atoms in total. The van der Waals surface area contributed by atoms with E-state index in [2.05, 4.69) is 0 Å². The molecule has 0 saturated carbocycles. The number of sulfonamides is 1. The number of rotatable bonds is 5. The van der Waals surface area contributed by atoms with E-state index < -0.39 is 33.5 Å². The van der Waals surface area contributed by atoms with Gasteiger partial charge in [0.1, 0.15) is 11.6 Å². The van der Waals surface area contributed by atoms with E-state index >= 15 is 0 Å². The molecule has 114 valence electrons. The molecular weight excluding hydrogens is 302 g/mol. The molecule has 0 aromatic heterocycles. The zero-order valence-electron chi connectivity index (χ0n) is 10.4. The SMILES string of the molecule is CC(COc1ccc(F)c(C(F)(F)F)c1)CS(N)(=O)=O. The van der Waals surface area contributed by atoms with Gasteiger partial charge in [-0.1, -0.05) is 6.92 Å². The first kappa shape index (κ1) is 16.7. The molecule has 0 bridgehead atoms. The highest BCUT2D eigenvalue weighted by atomic mass is 32.2. The normalized spacial score (nSPS) is 14.1. The molecule has 0 saturated heterocycles. The maximum Gasteiger partial charge on any atom is 0.419 e. The van der Waals surface area contributed by atoms with Crippen molar-refractivity contribution >= 4 is 10.0 Å². The number of ether oxygens (including phenoxy) is 1. The Hall–Kier alpha value is -1.35. The Balaban J connectivity index is 2.75. The first-order valence-corrected chi connectivity index (χ1v) is 7.20. The van der Waals surface area contributed by atoms with E-state index in [9.17, 15) is 26.0 Å². The quantitative estimate of drug-likeness (QED) is 0.847. The molecule has 0 spiro atoms. The fourth-order valence-electron chi connectivity index (χ4n) is 1.49. The summed E-state index contributed by atoms with van der Waals surface area (Å²) in [7, 11) is -3.69. The van der Waals surface area contributed by atoms with Gasteiger partial charge in [0.2, 0.25) is 10.0 Å². The van der Waals surface area contributed by atoms with Gasteiger partial charge in [0.15, 0.2) is 0 Å². The van der Waals surface area contributed by atoms with Crippen LogP contribution in [-0.2, 0) is 16.2 Å².